The van der Waals surface area contributed by atoms with E-state index in [1.54, 1.807) is 24.3 Å². The second-order valence-corrected chi connectivity index (χ2v) is 7.35. The van der Waals surface area contributed by atoms with E-state index in [-0.39, 0.29) is 18.9 Å². The Bertz CT molecular complexity index is 577. The summed E-state index contributed by atoms with van der Waals surface area (Å²) in [5.41, 5.74) is 0.770. The fourth-order valence-corrected chi connectivity index (χ4v) is 3.48. The van der Waals surface area contributed by atoms with E-state index in [2.05, 4.69) is 5.32 Å². The van der Waals surface area contributed by atoms with E-state index < -0.39 is 30.3 Å². The topological polar surface area (TPSA) is 78.8 Å². The quantitative estimate of drug-likeness (QED) is 0.639. The first kappa shape index (κ1) is 21.6. The monoisotopic (exact) mass is 385 g/mol. The van der Waals surface area contributed by atoms with Gasteiger partial charge < -0.3 is 20.3 Å². The van der Waals surface area contributed by atoms with Crippen molar-refractivity contribution in [2.24, 2.45) is 5.92 Å². The number of carbonyl (C=O) groups is 1. The van der Waals surface area contributed by atoms with Crippen molar-refractivity contribution in [1.82, 2.24) is 5.32 Å². The standard InChI is InChI=1S/C20H29F2NO4/c1-14(24)20(21,22)18(25)17(12-15-8-4-2-5-9-15)23-19(26)27-13-16-10-6-3-7-11-16/h3,6-7,10-11,14-15,17-18,24-25H,2,4-5,8-9,12-13H2,1H3,(H,23,26)/t14-,17+,18-/m1/s1. The largest absolute Gasteiger partial charge is 0.445 e. The predicted molar refractivity (Wildman–Crippen MR) is 97.4 cm³/mol. The number of aliphatic hydroxyl groups excluding tert-OH is 2. The molecule has 0 heterocycles. The van der Waals surface area contributed by atoms with Gasteiger partial charge in [-0.2, -0.15) is 0 Å². The van der Waals surface area contributed by atoms with Gasteiger partial charge in [-0.25, -0.2) is 13.6 Å². The number of aliphatic hydroxyl groups is 2. The van der Waals surface area contributed by atoms with Gasteiger partial charge in [0.15, 0.2) is 0 Å². The normalized spacial score (nSPS) is 19.1. The van der Waals surface area contributed by atoms with Crippen LogP contribution in [0.1, 0.15) is 51.0 Å². The van der Waals surface area contributed by atoms with Gasteiger partial charge in [0.2, 0.25) is 0 Å². The molecule has 3 N–H and O–H groups in total. The highest BCUT2D eigenvalue weighted by Gasteiger charge is 2.48. The molecule has 1 aromatic rings. The number of alkyl carbamates (subject to hydrolysis) is 1. The van der Waals surface area contributed by atoms with Crippen molar-refractivity contribution in [2.75, 3.05) is 0 Å². The summed E-state index contributed by atoms with van der Waals surface area (Å²) in [6.45, 7) is 0.931. The van der Waals surface area contributed by atoms with Gasteiger partial charge in [-0.1, -0.05) is 62.4 Å². The molecule has 0 aromatic heterocycles. The minimum absolute atomic E-state index is 0.00567. The molecule has 0 unspecified atom stereocenters. The lowest BCUT2D eigenvalue weighted by atomic mass is 9.82. The highest BCUT2D eigenvalue weighted by atomic mass is 19.3. The molecule has 5 nitrogen and oxygen atoms in total. The van der Waals surface area contributed by atoms with E-state index in [1.165, 1.54) is 0 Å². The van der Waals surface area contributed by atoms with Crippen LogP contribution in [0.4, 0.5) is 13.6 Å². The molecule has 0 aliphatic heterocycles. The lowest BCUT2D eigenvalue weighted by Crippen LogP contribution is -2.56. The number of halogens is 2. The maximum absolute atomic E-state index is 14.2. The van der Waals surface area contributed by atoms with Crippen molar-refractivity contribution in [2.45, 2.75) is 76.2 Å². The first-order chi connectivity index (χ1) is 12.8. The fourth-order valence-electron chi connectivity index (χ4n) is 3.48. The van der Waals surface area contributed by atoms with Crippen LogP contribution < -0.4 is 5.32 Å². The zero-order valence-corrected chi connectivity index (χ0v) is 15.6. The Kier molecular flexibility index (Phi) is 7.98. The number of rotatable bonds is 8. The minimum atomic E-state index is -3.73. The Balaban J connectivity index is 2.00. The van der Waals surface area contributed by atoms with E-state index in [1.807, 2.05) is 6.07 Å². The molecule has 0 radical (unpaired) electrons. The SMILES string of the molecule is C[C@@H](O)C(F)(F)[C@H](O)[C@H](CC1CCCCC1)NC(=O)OCc1ccccc1. The Morgan fingerprint density at radius 1 is 1.22 bits per heavy atom. The van der Waals surface area contributed by atoms with Gasteiger partial charge in [-0.3, -0.25) is 0 Å². The van der Waals surface area contributed by atoms with E-state index in [4.69, 9.17) is 4.74 Å². The first-order valence-corrected chi connectivity index (χ1v) is 9.52. The molecule has 1 aliphatic rings. The van der Waals surface area contributed by atoms with Crippen molar-refractivity contribution < 1.29 is 28.5 Å². The number of ether oxygens (including phenoxy) is 1. The van der Waals surface area contributed by atoms with Gasteiger partial charge in [0.25, 0.3) is 5.92 Å². The van der Waals surface area contributed by atoms with E-state index >= 15 is 0 Å². The summed E-state index contributed by atoms with van der Waals surface area (Å²) in [7, 11) is 0. The minimum Gasteiger partial charge on any atom is -0.445 e. The lowest BCUT2D eigenvalue weighted by Gasteiger charge is -2.34. The number of hydrogen-bond donors (Lipinski definition) is 3. The van der Waals surface area contributed by atoms with Crippen molar-refractivity contribution in [1.29, 1.82) is 0 Å². The predicted octanol–water partition coefficient (Wildman–Crippen LogP) is 3.63. The highest BCUT2D eigenvalue weighted by Crippen LogP contribution is 2.32. The van der Waals surface area contributed by atoms with Gasteiger partial charge in [-0.05, 0) is 24.8 Å². The smallest absolute Gasteiger partial charge is 0.407 e. The average Bonchev–Trinajstić information content (AvgIpc) is 2.66. The van der Waals surface area contributed by atoms with Crippen LogP contribution in [-0.2, 0) is 11.3 Å². The molecule has 2 rings (SSSR count). The Morgan fingerprint density at radius 3 is 2.44 bits per heavy atom. The molecule has 1 amide bonds. The van der Waals surface area contributed by atoms with Crippen LogP contribution in [0.5, 0.6) is 0 Å². The molecule has 152 valence electrons. The van der Waals surface area contributed by atoms with Crippen LogP contribution in [0, 0.1) is 5.92 Å². The molecule has 1 saturated carbocycles. The maximum Gasteiger partial charge on any atom is 0.407 e. The number of alkyl halides is 2. The first-order valence-electron chi connectivity index (χ1n) is 9.52. The second-order valence-electron chi connectivity index (χ2n) is 7.35. The molecule has 3 atom stereocenters. The Morgan fingerprint density at radius 2 is 1.85 bits per heavy atom. The van der Waals surface area contributed by atoms with Crippen LogP contribution in [0.25, 0.3) is 0 Å². The highest BCUT2D eigenvalue weighted by molar-refractivity contribution is 5.67. The average molecular weight is 385 g/mol. The van der Waals surface area contributed by atoms with Crippen LogP contribution in [-0.4, -0.2) is 40.5 Å². The number of carbonyl (C=O) groups excluding carboxylic acids is 1. The second kappa shape index (κ2) is 9.99. The van der Waals surface area contributed by atoms with Crippen molar-refractivity contribution in [3.8, 4) is 0 Å². The number of nitrogens with one attached hydrogen (secondary N) is 1. The van der Waals surface area contributed by atoms with Crippen molar-refractivity contribution in [3.63, 3.8) is 0 Å². The van der Waals surface area contributed by atoms with Crippen LogP contribution in [0.15, 0.2) is 30.3 Å². The Labute approximate surface area is 158 Å². The maximum atomic E-state index is 14.2. The number of amides is 1. The van der Waals surface area contributed by atoms with E-state index in [0.717, 1.165) is 44.6 Å². The third kappa shape index (κ3) is 6.43. The fraction of sp³-hybridized carbons (Fsp3) is 0.650. The summed E-state index contributed by atoms with van der Waals surface area (Å²) >= 11 is 0. The molecule has 0 bridgehead atoms. The zero-order valence-electron chi connectivity index (χ0n) is 15.6. The molecule has 1 fully saturated rings. The third-order valence-electron chi connectivity index (χ3n) is 5.16. The third-order valence-corrected chi connectivity index (χ3v) is 5.16. The zero-order chi connectivity index (χ0) is 19.9. The van der Waals surface area contributed by atoms with Crippen LogP contribution in [0.3, 0.4) is 0 Å². The molecule has 1 aliphatic carbocycles. The molecule has 27 heavy (non-hydrogen) atoms. The molecule has 7 heteroatoms. The summed E-state index contributed by atoms with van der Waals surface area (Å²) in [5.74, 6) is -3.58. The van der Waals surface area contributed by atoms with E-state index in [0.29, 0.717) is 0 Å². The van der Waals surface area contributed by atoms with E-state index in [9.17, 15) is 23.8 Å². The molecule has 0 spiro atoms. The Hall–Kier alpha value is -1.73. The molecular formula is C20H29F2NO4. The van der Waals surface area contributed by atoms with Crippen LogP contribution >= 0.6 is 0 Å². The van der Waals surface area contributed by atoms with Crippen LogP contribution in [0.2, 0.25) is 0 Å². The lowest BCUT2D eigenvalue weighted by molar-refractivity contribution is -0.180. The number of hydrogen-bond acceptors (Lipinski definition) is 4. The van der Waals surface area contributed by atoms with Crippen molar-refractivity contribution in [3.05, 3.63) is 35.9 Å². The van der Waals surface area contributed by atoms with Gasteiger partial charge >= 0.3 is 6.09 Å². The summed E-state index contributed by atoms with van der Waals surface area (Å²) in [6, 6.07) is 7.80. The summed E-state index contributed by atoms with van der Waals surface area (Å²) in [6.07, 6.45) is 0.0444. The van der Waals surface area contributed by atoms with Crippen molar-refractivity contribution >= 4 is 6.09 Å². The van der Waals surface area contributed by atoms with Gasteiger partial charge in [-0.15, -0.1) is 0 Å². The van der Waals surface area contributed by atoms with Gasteiger partial charge in [0, 0.05) is 0 Å². The summed E-state index contributed by atoms with van der Waals surface area (Å²) in [5, 5.41) is 21.9. The molecule has 0 saturated heterocycles. The number of benzene rings is 1. The summed E-state index contributed by atoms with van der Waals surface area (Å²) in [4.78, 5) is 12.1. The molecule has 1 aromatic carbocycles. The van der Waals surface area contributed by atoms with Gasteiger partial charge in [0.1, 0.15) is 18.8 Å². The van der Waals surface area contributed by atoms with Gasteiger partial charge in [0.05, 0.1) is 6.04 Å². The summed E-state index contributed by atoms with van der Waals surface area (Å²) < 4.78 is 33.4. The molecular weight excluding hydrogens is 356 g/mol.